The molecule has 92 valence electrons. The lowest BCUT2D eigenvalue weighted by molar-refractivity contribution is -0.143. The quantitative estimate of drug-likeness (QED) is 0.884. The Kier molecular flexibility index (Phi) is 3.48. The van der Waals surface area contributed by atoms with E-state index in [0.717, 1.165) is 24.2 Å². The number of carboxylic acid groups (broad SMARTS) is 1. The maximum Gasteiger partial charge on any atom is 0.320 e. The minimum absolute atomic E-state index is 0.573. The first-order valence-corrected chi connectivity index (χ1v) is 6.86. The molecule has 0 heterocycles. The van der Waals surface area contributed by atoms with Gasteiger partial charge in [0, 0.05) is 4.90 Å². The number of hydrogen-bond acceptors (Lipinski definition) is 2. The van der Waals surface area contributed by atoms with Gasteiger partial charge < -0.3 is 5.11 Å². The lowest BCUT2D eigenvalue weighted by Gasteiger charge is -2.43. The van der Waals surface area contributed by atoms with E-state index < -0.39 is 10.7 Å². The molecule has 0 radical (unpaired) electrons. The standard InChI is InChI=1S/C14H18O2S/c1-3-11-8-14(9-11,13(15)16)17-12-6-4-10(2)5-7-12/h4-7,11H,3,8-9H2,1-2H3,(H,15,16). The zero-order valence-electron chi connectivity index (χ0n) is 10.3. The van der Waals surface area contributed by atoms with Crippen LogP contribution in [0.5, 0.6) is 0 Å². The summed E-state index contributed by atoms with van der Waals surface area (Å²) in [7, 11) is 0. The Balaban J connectivity index is 2.10. The third-order valence-electron chi connectivity index (χ3n) is 3.54. The highest BCUT2D eigenvalue weighted by molar-refractivity contribution is 8.01. The summed E-state index contributed by atoms with van der Waals surface area (Å²) in [4.78, 5) is 12.5. The summed E-state index contributed by atoms with van der Waals surface area (Å²) >= 11 is 1.51. The molecular formula is C14H18O2S. The van der Waals surface area contributed by atoms with Crippen molar-refractivity contribution in [3.63, 3.8) is 0 Å². The van der Waals surface area contributed by atoms with Gasteiger partial charge in [0.2, 0.25) is 0 Å². The van der Waals surface area contributed by atoms with Gasteiger partial charge in [-0.3, -0.25) is 4.79 Å². The number of carboxylic acids is 1. The average Bonchev–Trinajstić information content (AvgIpc) is 2.25. The molecule has 2 nitrogen and oxygen atoms in total. The second kappa shape index (κ2) is 4.73. The van der Waals surface area contributed by atoms with Crippen LogP contribution in [0.25, 0.3) is 0 Å². The van der Waals surface area contributed by atoms with Gasteiger partial charge in [0.15, 0.2) is 0 Å². The van der Waals surface area contributed by atoms with Crippen LogP contribution in [0.3, 0.4) is 0 Å². The monoisotopic (exact) mass is 250 g/mol. The van der Waals surface area contributed by atoms with Gasteiger partial charge in [-0.15, -0.1) is 11.8 Å². The van der Waals surface area contributed by atoms with Crippen LogP contribution in [0.15, 0.2) is 29.2 Å². The van der Waals surface area contributed by atoms with Crippen LogP contribution < -0.4 is 0 Å². The van der Waals surface area contributed by atoms with E-state index in [0.29, 0.717) is 5.92 Å². The molecule has 1 aromatic carbocycles. The molecular weight excluding hydrogens is 232 g/mol. The first-order chi connectivity index (χ1) is 8.05. The second-order valence-corrected chi connectivity index (χ2v) is 6.35. The van der Waals surface area contributed by atoms with Crippen LogP contribution in [-0.4, -0.2) is 15.8 Å². The molecule has 1 N–H and O–H groups in total. The molecule has 0 unspecified atom stereocenters. The van der Waals surface area contributed by atoms with Crippen LogP contribution in [0.2, 0.25) is 0 Å². The highest BCUT2D eigenvalue weighted by atomic mass is 32.2. The number of thioether (sulfide) groups is 1. The van der Waals surface area contributed by atoms with Gasteiger partial charge in [0.25, 0.3) is 0 Å². The number of carbonyl (C=O) groups is 1. The van der Waals surface area contributed by atoms with Crippen molar-refractivity contribution in [1.82, 2.24) is 0 Å². The van der Waals surface area contributed by atoms with E-state index >= 15 is 0 Å². The predicted molar refractivity (Wildman–Crippen MR) is 70.4 cm³/mol. The Hall–Kier alpha value is -0.960. The Morgan fingerprint density at radius 3 is 2.47 bits per heavy atom. The molecule has 2 rings (SSSR count). The first kappa shape index (κ1) is 12.5. The molecule has 0 amide bonds. The van der Waals surface area contributed by atoms with Crippen molar-refractivity contribution in [2.75, 3.05) is 0 Å². The highest BCUT2D eigenvalue weighted by Gasteiger charge is 2.50. The molecule has 1 aliphatic rings. The summed E-state index contributed by atoms with van der Waals surface area (Å²) in [5.74, 6) is -0.0724. The van der Waals surface area contributed by atoms with Crippen LogP contribution in [0, 0.1) is 12.8 Å². The number of aliphatic carboxylic acids is 1. The molecule has 1 saturated carbocycles. The SMILES string of the molecule is CCC1CC(Sc2ccc(C)cc2)(C(=O)O)C1. The Morgan fingerprint density at radius 2 is 2.00 bits per heavy atom. The molecule has 0 saturated heterocycles. The number of hydrogen-bond donors (Lipinski definition) is 1. The Labute approximate surface area is 106 Å². The van der Waals surface area contributed by atoms with E-state index in [2.05, 4.69) is 6.92 Å². The third kappa shape index (κ3) is 2.49. The summed E-state index contributed by atoms with van der Waals surface area (Å²) in [6.45, 7) is 4.17. The summed E-state index contributed by atoms with van der Waals surface area (Å²) in [5, 5.41) is 9.39. The molecule has 0 aromatic heterocycles. The van der Waals surface area contributed by atoms with Gasteiger partial charge >= 0.3 is 5.97 Å². The smallest absolute Gasteiger partial charge is 0.320 e. The van der Waals surface area contributed by atoms with Crippen molar-refractivity contribution in [2.45, 2.75) is 42.8 Å². The Bertz CT molecular complexity index is 405. The molecule has 1 aromatic rings. The third-order valence-corrected chi connectivity index (χ3v) is 4.94. The fourth-order valence-electron chi connectivity index (χ4n) is 2.30. The van der Waals surface area contributed by atoms with Gasteiger partial charge in [-0.25, -0.2) is 0 Å². The van der Waals surface area contributed by atoms with Gasteiger partial charge in [-0.1, -0.05) is 31.0 Å². The molecule has 17 heavy (non-hydrogen) atoms. The first-order valence-electron chi connectivity index (χ1n) is 6.05. The summed E-state index contributed by atoms with van der Waals surface area (Å²) in [6, 6.07) is 8.11. The topological polar surface area (TPSA) is 37.3 Å². The van der Waals surface area contributed by atoms with E-state index in [9.17, 15) is 9.90 Å². The molecule has 0 spiro atoms. The molecule has 1 fully saturated rings. The normalized spacial score (nSPS) is 27.5. The molecule has 3 heteroatoms. The van der Waals surface area contributed by atoms with Gasteiger partial charge in [-0.05, 0) is 37.8 Å². The van der Waals surface area contributed by atoms with E-state index in [1.54, 1.807) is 0 Å². The lowest BCUT2D eigenvalue weighted by Crippen LogP contribution is -2.47. The Morgan fingerprint density at radius 1 is 1.41 bits per heavy atom. The second-order valence-electron chi connectivity index (χ2n) is 4.90. The molecule has 0 aliphatic heterocycles. The molecule has 1 aliphatic carbocycles. The fraction of sp³-hybridized carbons (Fsp3) is 0.500. The molecule has 0 bridgehead atoms. The largest absolute Gasteiger partial charge is 0.480 e. The van der Waals surface area contributed by atoms with Crippen molar-refractivity contribution in [3.8, 4) is 0 Å². The maximum absolute atomic E-state index is 11.4. The minimum atomic E-state index is -0.659. The summed E-state index contributed by atoms with van der Waals surface area (Å²) in [5.41, 5.74) is 1.21. The van der Waals surface area contributed by atoms with E-state index in [4.69, 9.17) is 0 Å². The van der Waals surface area contributed by atoms with Crippen molar-refractivity contribution in [3.05, 3.63) is 29.8 Å². The van der Waals surface area contributed by atoms with Crippen LogP contribution >= 0.6 is 11.8 Å². The van der Waals surface area contributed by atoms with Crippen molar-refractivity contribution in [2.24, 2.45) is 5.92 Å². The highest BCUT2D eigenvalue weighted by Crippen LogP contribution is 2.52. The van der Waals surface area contributed by atoms with Crippen molar-refractivity contribution in [1.29, 1.82) is 0 Å². The zero-order valence-corrected chi connectivity index (χ0v) is 11.1. The number of benzene rings is 1. The number of aryl methyl sites for hydroxylation is 1. The van der Waals surface area contributed by atoms with Gasteiger partial charge in [0.1, 0.15) is 4.75 Å². The molecule has 0 atom stereocenters. The summed E-state index contributed by atoms with van der Waals surface area (Å²) < 4.78 is -0.573. The van der Waals surface area contributed by atoms with Gasteiger partial charge in [0.05, 0.1) is 0 Å². The van der Waals surface area contributed by atoms with Crippen molar-refractivity contribution < 1.29 is 9.90 Å². The van der Waals surface area contributed by atoms with E-state index in [1.807, 2.05) is 31.2 Å². The van der Waals surface area contributed by atoms with Crippen molar-refractivity contribution >= 4 is 17.7 Å². The average molecular weight is 250 g/mol. The minimum Gasteiger partial charge on any atom is -0.480 e. The van der Waals surface area contributed by atoms with Gasteiger partial charge in [-0.2, -0.15) is 0 Å². The lowest BCUT2D eigenvalue weighted by atomic mass is 9.73. The van der Waals surface area contributed by atoms with E-state index in [1.165, 1.54) is 17.3 Å². The fourth-order valence-corrected chi connectivity index (χ4v) is 3.74. The van der Waals surface area contributed by atoms with Crippen LogP contribution in [0.1, 0.15) is 31.7 Å². The maximum atomic E-state index is 11.4. The van der Waals surface area contributed by atoms with E-state index in [-0.39, 0.29) is 0 Å². The zero-order chi connectivity index (χ0) is 12.5. The van der Waals surface area contributed by atoms with Crippen LogP contribution in [0.4, 0.5) is 0 Å². The number of rotatable bonds is 4. The summed E-state index contributed by atoms with van der Waals surface area (Å²) in [6.07, 6.45) is 2.69. The predicted octanol–water partition coefficient (Wildman–Crippen LogP) is 3.73. The van der Waals surface area contributed by atoms with Crippen LogP contribution in [-0.2, 0) is 4.79 Å².